The lowest BCUT2D eigenvalue weighted by atomic mass is 9.84. The maximum absolute atomic E-state index is 12.4. The molecule has 1 aliphatic heterocycles. The van der Waals surface area contributed by atoms with Crippen LogP contribution in [0.5, 0.6) is 0 Å². The maximum atomic E-state index is 12.4. The molecule has 0 radical (unpaired) electrons. The molecule has 1 heterocycles. The quantitative estimate of drug-likeness (QED) is 0.682. The Morgan fingerprint density at radius 3 is 1.80 bits per heavy atom. The average molecular weight is 283 g/mol. The summed E-state index contributed by atoms with van der Waals surface area (Å²) in [6.45, 7) is 13.5. The Morgan fingerprint density at radius 2 is 1.45 bits per heavy atom. The van der Waals surface area contributed by atoms with Gasteiger partial charge in [0.1, 0.15) is 11.4 Å². The molecule has 0 spiro atoms. The zero-order chi connectivity index (χ0) is 15.7. The van der Waals surface area contributed by atoms with Gasteiger partial charge in [-0.25, -0.2) is 4.79 Å². The lowest BCUT2D eigenvalue weighted by Crippen LogP contribution is -2.50. The minimum atomic E-state index is -0.494. The fourth-order valence-corrected chi connectivity index (χ4v) is 3.08. The van der Waals surface area contributed by atoms with Crippen molar-refractivity contribution >= 4 is 11.9 Å². The molecular formula is C16H29NO3. The van der Waals surface area contributed by atoms with Gasteiger partial charge in [-0.15, -0.1) is 0 Å². The van der Waals surface area contributed by atoms with Crippen LogP contribution < -0.4 is 0 Å². The molecule has 4 atom stereocenters. The number of ketones is 1. The molecule has 4 heteroatoms. The Hall–Kier alpha value is -1.06. The Morgan fingerprint density at radius 1 is 1.05 bits per heavy atom. The SMILES string of the molecule is CC1CC(C)N(C(=O)OC(C)(C)C)C(C)CC(C)C1=O. The highest BCUT2D eigenvalue weighted by atomic mass is 16.6. The van der Waals surface area contributed by atoms with Crippen molar-refractivity contribution in [1.82, 2.24) is 4.90 Å². The van der Waals surface area contributed by atoms with Crippen LogP contribution in [0.3, 0.4) is 0 Å². The van der Waals surface area contributed by atoms with Crippen molar-refractivity contribution in [3.8, 4) is 0 Å². The molecule has 0 aromatic rings. The molecule has 1 rings (SSSR count). The van der Waals surface area contributed by atoms with Crippen LogP contribution in [0.1, 0.15) is 61.3 Å². The van der Waals surface area contributed by atoms with Crippen LogP contribution in [0, 0.1) is 11.8 Å². The summed E-state index contributed by atoms with van der Waals surface area (Å²) in [5.74, 6) is 0.308. The second kappa shape index (κ2) is 6.15. The van der Waals surface area contributed by atoms with E-state index in [9.17, 15) is 9.59 Å². The topological polar surface area (TPSA) is 46.6 Å². The molecule has 4 unspecified atom stereocenters. The largest absolute Gasteiger partial charge is 0.444 e. The molecule has 0 N–H and O–H groups in total. The maximum Gasteiger partial charge on any atom is 0.410 e. The molecule has 0 aromatic carbocycles. The Bertz CT molecular complexity index is 352. The third-order valence-corrected chi connectivity index (χ3v) is 3.91. The van der Waals surface area contributed by atoms with Gasteiger partial charge in [-0.2, -0.15) is 0 Å². The second-order valence-electron chi connectivity index (χ2n) is 7.26. The van der Waals surface area contributed by atoms with Crippen molar-refractivity contribution in [2.45, 2.75) is 79.0 Å². The Balaban J connectivity index is 2.92. The van der Waals surface area contributed by atoms with Gasteiger partial charge in [0.2, 0.25) is 0 Å². The van der Waals surface area contributed by atoms with E-state index in [4.69, 9.17) is 4.74 Å². The van der Waals surface area contributed by atoms with Crippen LogP contribution in [-0.4, -0.2) is 34.5 Å². The van der Waals surface area contributed by atoms with E-state index in [2.05, 4.69) is 0 Å². The zero-order valence-corrected chi connectivity index (χ0v) is 13.9. The molecule has 1 amide bonds. The van der Waals surface area contributed by atoms with E-state index in [0.717, 1.165) is 0 Å². The van der Waals surface area contributed by atoms with Gasteiger partial charge >= 0.3 is 6.09 Å². The molecule has 4 nitrogen and oxygen atoms in total. The highest BCUT2D eigenvalue weighted by Crippen LogP contribution is 2.27. The van der Waals surface area contributed by atoms with Crippen molar-refractivity contribution < 1.29 is 14.3 Å². The molecule has 20 heavy (non-hydrogen) atoms. The van der Waals surface area contributed by atoms with E-state index in [0.29, 0.717) is 18.6 Å². The van der Waals surface area contributed by atoms with Crippen LogP contribution in [0.15, 0.2) is 0 Å². The van der Waals surface area contributed by atoms with Crippen molar-refractivity contribution in [3.63, 3.8) is 0 Å². The van der Waals surface area contributed by atoms with Gasteiger partial charge in [-0.1, -0.05) is 13.8 Å². The molecular weight excluding hydrogens is 254 g/mol. The second-order valence-corrected chi connectivity index (χ2v) is 7.26. The average Bonchev–Trinajstić information content (AvgIpc) is 2.23. The number of hydrogen-bond acceptors (Lipinski definition) is 3. The highest BCUT2D eigenvalue weighted by Gasteiger charge is 2.36. The molecule has 0 saturated carbocycles. The molecule has 116 valence electrons. The summed E-state index contributed by atoms with van der Waals surface area (Å²) in [7, 11) is 0. The molecule has 1 aliphatic rings. The summed E-state index contributed by atoms with van der Waals surface area (Å²) in [4.78, 5) is 26.4. The first-order chi connectivity index (χ1) is 9.03. The van der Waals surface area contributed by atoms with E-state index < -0.39 is 5.60 Å². The van der Waals surface area contributed by atoms with Crippen LogP contribution in [0.25, 0.3) is 0 Å². The van der Waals surface area contributed by atoms with E-state index in [1.165, 1.54) is 0 Å². The van der Waals surface area contributed by atoms with Crippen LogP contribution in [-0.2, 0) is 9.53 Å². The first-order valence-corrected chi connectivity index (χ1v) is 7.58. The lowest BCUT2D eigenvalue weighted by Gasteiger charge is -2.39. The zero-order valence-electron chi connectivity index (χ0n) is 13.9. The first-order valence-electron chi connectivity index (χ1n) is 7.58. The summed E-state index contributed by atoms with van der Waals surface area (Å²) in [5.41, 5.74) is -0.494. The Labute approximate surface area is 122 Å². The van der Waals surface area contributed by atoms with Gasteiger partial charge in [-0.05, 0) is 47.5 Å². The van der Waals surface area contributed by atoms with Crippen LogP contribution in [0.4, 0.5) is 4.79 Å². The van der Waals surface area contributed by atoms with E-state index in [1.807, 2.05) is 53.4 Å². The van der Waals surface area contributed by atoms with Crippen LogP contribution in [0.2, 0.25) is 0 Å². The number of Topliss-reactive ketones (excluding diaryl/α,β-unsaturated/α-hetero) is 1. The molecule has 1 fully saturated rings. The predicted molar refractivity (Wildman–Crippen MR) is 79.6 cm³/mol. The van der Waals surface area contributed by atoms with Crippen molar-refractivity contribution in [1.29, 1.82) is 0 Å². The fourth-order valence-electron chi connectivity index (χ4n) is 3.08. The van der Waals surface area contributed by atoms with E-state index in [1.54, 1.807) is 0 Å². The van der Waals surface area contributed by atoms with E-state index in [-0.39, 0.29) is 30.0 Å². The fraction of sp³-hybridized carbons (Fsp3) is 0.875. The number of ether oxygens (including phenoxy) is 1. The third-order valence-electron chi connectivity index (χ3n) is 3.91. The highest BCUT2D eigenvalue weighted by molar-refractivity contribution is 5.83. The summed E-state index contributed by atoms with van der Waals surface area (Å²) < 4.78 is 5.51. The lowest BCUT2D eigenvalue weighted by molar-refractivity contribution is -0.128. The minimum absolute atomic E-state index is 0.00237. The smallest absolute Gasteiger partial charge is 0.410 e. The number of hydrogen-bond donors (Lipinski definition) is 0. The number of carbonyl (C=O) groups excluding carboxylic acids is 2. The first kappa shape index (κ1) is 17.0. The van der Waals surface area contributed by atoms with Gasteiger partial charge in [0.15, 0.2) is 0 Å². The number of nitrogens with zero attached hydrogens (tertiary/aromatic N) is 1. The van der Waals surface area contributed by atoms with Crippen molar-refractivity contribution in [2.75, 3.05) is 0 Å². The number of amides is 1. The van der Waals surface area contributed by atoms with E-state index >= 15 is 0 Å². The van der Waals surface area contributed by atoms with Crippen molar-refractivity contribution in [2.24, 2.45) is 11.8 Å². The molecule has 1 saturated heterocycles. The van der Waals surface area contributed by atoms with Crippen LogP contribution >= 0.6 is 0 Å². The predicted octanol–water partition coefficient (Wildman–Crippen LogP) is 3.64. The summed E-state index contributed by atoms with van der Waals surface area (Å²) >= 11 is 0. The monoisotopic (exact) mass is 283 g/mol. The number of likely N-dealkylation sites (tertiary alicyclic amines) is 1. The standard InChI is InChI=1S/C16H29NO3/c1-10-8-12(3)17(15(19)20-16(5,6)7)13(4)9-11(2)14(10)18/h10-13H,8-9H2,1-7H3. The van der Waals surface area contributed by atoms with Gasteiger partial charge in [0.05, 0.1) is 0 Å². The summed E-state index contributed by atoms with van der Waals surface area (Å²) in [6, 6.07) is 0.0394. The number of rotatable bonds is 0. The van der Waals surface area contributed by atoms with Gasteiger partial charge in [0, 0.05) is 23.9 Å². The third kappa shape index (κ3) is 4.22. The normalized spacial score (nSPS) is 32.5. The summed E-state index contributed by atoms with van der Waals surface area (Å²) in [5, 5.41) is 0. The van der Waals surface area contributed by atoms with Gasteiger partial charge in [-0.3, -0.25) is 4.79 Å². The molecule has 0 aromatic heterocycles. The Kier molecular flexibility index (Phi) is 5.22. The van der Waals surface area contributed by atoms with Gasteiger partial charge in [0.25, 0.3) is 0 Å². The van der Waals surface area contributed by atoms with Crippen molar-refractivity contribution in [3.05, 3.63) is 0 Å². The minimum Gasteiger partial charge on any atom is -0.444 e. The molecule has 0 bridgehead atoms. The summed E-state index contributed by atoms with van der Waals surface area (Å²) in [6.07, 6.45) is 1.13. The number of carbonyl (C=O) groups is 2. The molecule has 0 aliphatic carbocycles. The van der Waals surface area contributed by atoms with Gasteiger partial charge < -0.3 is 9.64 Å².